The van der Waals surface area contributed by atoms with Crippen LogP contribution in [0.4, 0.5) is 0 Å². The summed E-state index contributed by atoms with van der Waals surface area (Å²) in [5.41, 5.74) is -2.06. The van der Waals surface area contributed by atoms with Crippen molar-refractivity contribution in [3.05, 3.63) is 0 Å². The molecule has 1 rings (SSSR count). The first-order chi connectivity index (χ1) is 10.4. The van der Waals surface area contributed by atoms with E-state index in [1.54, 1.807) is 0 Å². The molecule has 132 valence electrons. The van der Waals surface area contributed by atoms with E-state index < -0.39 is 34.7 Å². The first kappa shape index (κ1) is 19.6. The quantitative estimate of drug-likeness (QED) is 0.584. The molecule has 0 bridgehead atoms. The molecule has 23 heavy (non-hydrogen) atoms. The molecule has 1 aliphatic heterocycles. The number of hydrogen-bond donors (Lipinski definition) is 2. The summed E-state index contributed by atoms with van der Waals surface area (Å²) in [7, 11) is 2.80. The first-order valence-electron chi connectivity index (χ1n) is 7.76. The minimum Gasteiger partial charge on any atom is -0.370 e. The number of carbonyl (C=O) groups excluding carboxylic acids is 3. The van der Waals surface area contributed by atoms with Crippen LogP contribution in [0.15, 0.2) is 0 Å². The van der Waals surface area contributed by atoms with Gasteiger partial charge in [-0.3, -0.25) is 19.6 Å². The van der Waals surface area contributed by atoms with Gasteiger partial charge in [-0.15, -0.1) is 0 Å². The summed E-state index contributed by atoms with van der Waals surface area (Å²) in [6, 6.07) is 0. The lowest BCUT2D eigenvalue weighted by Crippen LogP contribution is -2.56. The van der Waals surface area contributed by atoms with Crippen LogP contribution in [0.3, 0.4) is 0 Å². The van der Waals surface area contributed by atoms with Crippen molar-refractivity contribution in [1.29, 1.82) is 0 Å². The third-order valence-electron chi connectivity index (χ3n) is 4.36. The zero-order valence-electron chi connectivity index (χ0n) is 15.0. The van der Waals surface area contributed by atoms with Gasteiger partial charge in [0.2, 0.25) is 5.91 Å². The summed E-state index contributed by atoms with van der Waals surface area (Å²) in [5.74, 6) is -2.76. The van der Waals surface area contributed by atoms with Gasteiger partial charge >= 0.3 is 0 Å². The van der Waals surface area contributed by atoms with Gasteiger partial charge in [0.15, 0.2) is 6.10 Å². The monoisotopic (exact) mass is 328 g/mol. The maximum Gasteiger partial charge on any atom is 0.283 e. The Morgan fingerprint density at radius 2 is 1.91 bits per heavy atom. The highest BCUT2D eigenvalue weighted by atomic mass is 16.5. The molecule has 0 spiro atoms. The van der Waals surface area contributed by atoms with Crippen molar-refractivity contribution in [2.45, 2.75) is 47.1 Å². The number of imide groups is 1. The Labute approximate surface area is 137 Å². The molecule has 0 saturated carbocycles. The lowest BCUT2D eigenvalue weighted by molar-refractivity contribution is -0.177. The van der Waals surface area contributed by atoms with Crippen molar-refractivity contribution in [2.75, 3.05) is 14.2 Å². The standard InChI is InChI=1S/C16H28N2O5/c1-9(2)8-16(10(12(19)17-6)15(3,4)5)11(23-7)13(20)18(22)14(16)21/h9-11,22H,8H2,1-7H3,(H,17,19)/t10-,11+,16+/m0/s1. The largest absolute Gasteiger partial charge is 0.370 e. The van der Waals surface area contributed by atoms with Gasteiger partial charge < -0.3 is 10.1 Å². The number of hydrogen-bond acceptors (Lipinski definition) is 5. The van der Waals surface area contributed by atoms with Gasteiger partial charge in [0.25, 0.3) is 11.8 Å². The SMILES string of the molecule is CNC(=O)[C@@H](C(C)(C)C)[C@@]1(CC(C)C)C(=O)N(O)C(=O)[C@H]1OC. The fourth-order valence-corrected chi connectivity index (χ4v) is 3.86. The summed E-state index contributed by atoms with van der Waals surface area (Å²) < 4.78 is 5.30. The summed E-state index contributed by atoms with van der Waals surface area (Å²) in [4.78, 5) is 37.8. The van der Waals surface area contributed by atoms with E-state index in [1.807, 2.05) is 34.6 Å². The number of methoxy groups -OCH3 is 1. The number of rotatable bonds is 5. The van der Waals surface area contributed by atoms with Gasteiger partial charge in [0, 0.05) is 14.2 Å². The number of amides is 3. The van der Waals surface area contributed by atoms with Gasteiger partial charge in [-0.05, 0) is 17.8 Å². The van der Waals surface area contributed by atoms with Crippen LogP contribution < -0.4 is 5.32 Å². The van der Waals surface area contributed by atoms with Gasteiger partial charge in [-0.25, -0.2) is 0 Å². The second kappa shape index (κ2) is 6.57. The Balaban J connectivity index is 3.67. The van der Waals surface area contributed by atoms with E-state index in [4.69, 9.17) is 4.74 Å². The van der Waals surface area contributed by atoms with Crippen LogP contribution in [0.25, 0.3) is 0 Å². The topological polar surface area (TPSA) is 95.9 Å². The van der Waals surface area contributed by atoms with E-state index in [0.717, 1.165) is 0 Å². The third kappa shape index (κ3) is 3.12. The molecule has 7 heteroatoms. The van der Waals surface area contributed by atoms with Crippen LogP contribution in [0.1, 0.15) is 41.0 Å². The van der Waals surface area contributed by atoms with E-state index in [9.17, 15) is 19.6 Å². The first-order valence-corrected chi connectivity index (χ1v) is 7.76. The molecule has 1 aliphatic rings. The summed E-state index contributed by atoms with van der Waals surface area (Å²) in [6.45, 7) is 9.30. The van der Waals surface area contributed by atoms with E-state index in [-0.39, 0.29) is 23.3 Å². The minimum absolute atomic E-state index is 0.0189. The highest BCUT2D eigenvalue weighted by molar-refractivity contribution is 6.09. The second-order valence-electron chi connectivity index (χ2n) is 7.62. The molecule has 0 radical (unpaired) electrons. The maximum absolute atomic E-state index is 12.8. The maximum atomic E-state index is 12.8. The van der Waals surface area contributed by atoms with Crippen LogP contribution in [0.5, 0.6) is 0 Å². The number of ether oxygens (including phenoxy) is 1. The Morgan fingerprint density at radius 3 is 2.26 bits per heavy atom. The predicted octanol–water partition coefficient (Wildman–Crippen LogP) is 1.20. The lowest BCUT2D eigenvalue weighted by atomic mass is 9.58. The Kier molecular flexibility index (Phi) is 5.59. The number of nitrogens with zero attached hydrogens (tertiary/aromatic N) is 1. The van der Waals surface area contributed by atoms with Crippen LogP contribution >= 0.6 is 0 Å². The highest BCUT2D eigenvalue weighted by Crippen LogP contribution is 2.52. The average Bonchev–Trinajstić information content (AvgIpc) is 2.58. The molecule has 1 saturated heterocycles. The Hall–Kier alpha value is -1.47. The Morgan fingerprint density at radius 1 is 1.39 bits per heavy atom. The molecule has 7 nitrogen and oxygen atoms in total. The normalized spacial score (nSPS) is 26.8. The zero-order chi connectivity index (χ0) is 18.2. The van der Waals surface area contributed by atoms with E-state index >= 15 is 0 Å². The molecule has 0 aromatic rings. The average molecular weight is 328 g/mol. The molecule has 0 aliphatic carbocycles. The summed E-state index contributed by atoms with van der Waals surface area (Å²) in [6.07, 6.45) is -0.938. The molecule has 0 aromatic heterocycles. The van der Waals surface area contributed by atoms with Crippen molar-refractivity contribution in [1.82, 2.24) is 10.4 Å². The molecule has 3 atom stereocenters. The molecule has 0 unspecified atom stereocenters. The van der Waals surface area contributed by atoms with E-state index in [0.29, 0.717) is 0 Å². The summed E-state index contributed by atoms with van der Waals surface area (Å²) >= 11 is 0. The van der Waals surface area contributed by atoms with Gasteiger partial charge in [-0.1, -0.05) is 34.6 Å². The number of hydroxylamine groups is 2. The van der Waals surface area contributed by atoms with Gasteiger partial charge in [0.05, 0.1) is 11.3 Å². The van der Waals surface area contributed by atoms with Crippen molar-refractivity contribution in [2.24, 2.45) is 22.7 Å². The third-order valence-corrected chi connectivity index (χ3v) is 4.36. The van der Waals surface area contributed by atoms with Crippen molar-refractivity contribution >= 4 is 17.7 Å². The molecular weight excluding hydrogens is 300 g/mol. The lowest BCUT2D eigenvalue weighted by Gasteiger charge is -2.44. The van der Waals surface area contributed by atoms with Crippen LogP contribution in [0.2, 0.25) is 0 Å². The van der Waals surface area contributed by atoms with Crippen LogP contribution in [0, 0.1) is 22.7 Å². The van der Waals surface area contributed by atoms with E-state index in [1.165, 1.54) is 14.2 Å². The van der Waals surface area contributed by atoms with Crippen molar-refractivity contribution < 1.29 is 24.3 Å². The Bertz CT molecular complexity index is 497. The molecule has 3 amide bonds. The number of carbonyl (C=O) groups is 3. The fourth-order valence-electron chi connectivity index (χ4n) is 3.86. The molecule has 0 aromatic carbocycles. The van der Waals surface area contributed by atoms with Gasteiger partial charge in [-0.2, -0.15) is 5.06 Å². The van der Waals surface area contributed by atoms with Crippen molar-refractivity contribution in [3.8, 4) is 0 Å². The number of nitrogens with one attached hydrogen (secondary N) is 1. The second-order valence-corrected chi connectivity index (χ2v) is 7.62. The molecule has 2 N–H and O–H groups in total. The van der Waals surface area contributed by atoms with Crippen LogP contribution in [-0.4, -0.2) is 48.3 Å². The molecular formula is C16H28N2O5. The zero-order valence-corrected chi connectivity index (χ0v) is 15.0. The highest BCUT2D eigenvalue weighted by Gasteiger charge is 2.67. The molecule has 1 fully saturated rings. The summed E-state index contributed by atoms with van der Waals surface area (Å²) in [5, 5.41) is 12.6. The minimum atomic E-state index is -1.44. The van der Waals surface area contributed by atoms with Crippen LogP contribution in [-0.2, 0) is 19.1 Å². The van der Waals surface area contributed by atoms with Crippen molar-refractivity contribution in [3.63, 3.8) is 0 Å². The van der Waals surface area contributed by atoms with Gasteiger partial charge in [0.1, 0.15) is 0 Å². The predicted molar refractivity (Wildman–Crippen MR) is 83.3 cm³/mol. The molecule has 1 heterocycles. The fraction of sp³-hybridized carbons (Fsp3) is 0.812. The smallest absolute Gasteiger partial charge is 0.283 e. The van der Waals surface area contributed by atoms with E-state index in [2.05, 4.69) is 5.32 Å².